The van der Waals surface area contributed by atoms with Gasteiger partial charge in [0, 0.05) is 0 Å². The Labute approximate surface area is 102 Å². The van der Waals surface area contributed by atoms with Gasteiger partial charge in [0.2, 0.25) is 0 Å². The second kappa shape index (κ2) is 5.80. The molecule has 1 aromatic carbocycles. The molecule has 2 unspecified atom stereocenters. The van der Waals surface area contributed by atoms with Gasteiger partial charge in [0.15, 0.2) is 0 Å². The second-order valence-corrected chi connectivity index (χ2v) is 4.73. The highest BCUT2D eigenvalue weighted by Crippen LogP contribution is 2.16. The van der Waals surface area contributed by atoms with E-state index in [0.717, 1.165) is 12.0 Å². The number of carboxylic acid groups (broad SMARTS) is 1. The predicted molar refractivity (Wildman–Crippen MR) is 67.5 cm³/mol. The van der Waals surface area contributed by atoms with Gasteiger partial charge in [-0.3, -0.25) is 4.79 Å². The number of aliphatic carboxylic acids is 1. The van der Waals surface area contributed by atoms with Crippen molar-refractivity contribution < 1.29 is 9.90 Å². The van der Waals surface area contributed by atoms with Crippen LogP contribution in [-0.2, 0) is 11.2 Å². The van der Waals surface area contributed by atoms with E-state index in [9.17, 15) is 4.79 Å². The van der Waals surface area contributed by atoms with Crippen LogP contribution < -0.4 is 11.5 Å². The maximum absolute atomic E-state index is 10.7. The van der Waals surface area contributed by atoms with Crippen molar-refractivity contribution in [2.45, 2.75) is 32.4 Å². The lowest BCUT2D eigenvalue weighted by Crippen LogP contribution is -2.40. The van der Waals surface area contributed by atoms with Gasteiger partial charge in [0.25, 0.3) is 0 Å². The molecule has 0 bridgehead atoms. The summed E-state index contributed by atoms with van der Waals surface area (Å²) in [6, 6.07) is 5.93. The number of hydrogen-bond donors (Lipinski definition) is 3. The van der Waals surface area contributed by atoms with E-state index in [1.165, 1.54) is 5.56 Å². The highest BCUT2D eigenvalue weighted by atomic mass is 16.4. The first-order valence-corrected chi connectivity index (χ1v) is 5.74. The maximum atomic E-state index is 10.7. The summed E-state index contributed by atoms with van der Waals surface area (Å²) in [6.07, 6.45) is 1.00. The number of nitrogens with two attached hydrogens (primary N) is 2. The Morgan fingerprint density at radius 2 is 1.76 bits per heavy atom. The van der Waals surface area contributed by atoms with Crippen molar-refractivity contribution in [3.05, 3.63) is 35.4 Å². The Kier molecular flexibility index (Phi) is 4.66. The lowest BCUT2D eigenvalue weighted by Gasteiger charge is -2.16. The van der Waals surface area contributed by atoms with Crippen LogP contribution in [0.25, 0.3) is 0 Å². The van der Waals surface area contributed by atoms with Gasteiger partial charge >= 0.3 is 5.97 Å². The predicted octanol–water partition coefficient (Wildman–Crippen LogP) is 1.30. The van der Waals surface area contributed by atoms with Crippen molar-refractivity contribution in [3.8, 4) is 0 Å². The fraction of sp³-hybridized carbons (Fsp3) is 0.462. The van der Waals surface area contributed by atoms with E-state index >= 15 is 0 Å². The van der Waals surface area contributed by atoms with Gasteiger partial charge in [0.1, 0.15) is 6.04 Å². The van der Waals surface area contributed by atoms with Crippen LogP contribution in [0.2, 0.25) is 0 Å². The molecule has 0 fully saturated rings. The standard InChI is InChI=1S/C13H20N2O2/c1-8(2)7-9-3-5-10(6-4-9)11(14)12(15)13(16)17/h3-6,8,11-12H,7,14-15H2,1-2H3,(H,16,17). The number of carbonyl (C=O) groups is 1. The molecule has 94 valence electrons. The summed E-state index contributed by atoms with van der Waals surface area (Å²) in [7, 11) is 0. The lowest BCUT2D eigenvalue weighted by atomic mass is 9.97. The molecule has 4 nitrogen and oxygen atoms in total. The Bertz CT molecular complexity index is 374. The number of hydrogen-bond acceptors (Lipinski definition) is 3. The molecule has 5 N–H and O–H groups in total. The highest BCUT2D eigenvalue weighted by Gasteiger charge is 2.21. The van der Waals surface area contributed by atoms with E-state index < -0.39 is 18.1 Å². The van der Waals surface area contributed by atoms with Crippen molar-refractivity contribution in [2.24, 2.45) is 17.4 Å². The quantitative estimate of drug-likeness (QED) is 0.718. The van der Waals surface area contributed by atoms with Crippen molar-refractivity contribution in [1.82, 2.24) is 0 Å². The first-order chi connectivity index (χ1) is 7.91. The van der Waals surface area contributed by atoms with Crippen molar-refractivity contribution in [3.63, 3.8) is 0 Å². The molecular formula is C13H20N2O2. The summed E-state index contributed by atoms with van der Waals surface area (Å²) in [5, 5.41) is 8.78. The maximum Gasteiger partial charge on any atom is 0.322 e. The zero-order valence-corrected chi connectivity index (χ0v) is 10.3. The second-order valence-electron chi connectivity index (χ2n) is 4.73. The van der Waals surface area contributed by atoms with Gasteiger partial charge in [0.05, 0.1) is 6.04 Å². The summed E-state index contributed by atoms with van der Waals surface area (Å²) in [5.74, 6) is -0.487. The van der Waals surface area contributed by atoms with Crippen molar-refractivity contribution in [2.75, 3.05) is 0 Å². The van der Waals surface area contributed by atoms with E-state index in [1.807, 2.05) is 24.3 Å². The molecule has 0 radical (unpaired) electrons. The van der Waals surface area contributed by atoms with Gasteiger partial charge in [-0.05, 0) is 23.5 Å². The smallest absolute Gasteiger partial charge is 0.322 e. The fourth-order valence-electron chi connectivity index (χ4n) is 1.71. The minimum Gasteiger partial charge on any atom is -0.480 e. The molecule has 0 heterocycles. The van der Waals surface area contributed by atoms with Crippen LogP contribution in [0.3, 0.4) is 0 Å². The molecule has 0 aromatic heterocycles. The van der Waals surface area contributed by atoms with Gasteiger partial charge in [-0.25, -0.2) is 0 Å². The van der Waals surface area contributed by atoms with Crippen LogP contribution in [0.15, 0.2) is 24.3 Å². The molecule has 0 aliphatic carbocycles. The van der Waals surface area contributed by atoms with Crippen LogP contribution in [0.5, 0.6) is 0 Å². The Balaban J connectivity index is 2.76. The molecule has 0 saturated heterocycles. The number of benzene rings is 1. The normalized spacial score (nSPS) is 14.6. The first-order valence-electron chi connectivity index (χ1n) is 5.74. The minimum atomic E-state index is -1.08. The third-order valence-electron chi connectivity index (χ3n) is 2.68. The monoisotopic (exact) mass is 236 g/mol. The molecule has 0 aliphatic rings. The molecule has 0 amide bonds. The van der Waals surface area contributed by atoms with Crippen LogP contribution in [-0.4, -0.2) is 17.1 Å². The van der Waals surface area contributed by atoms with Crippen LogP contribution in [0.4, 0.5) is 0 Å². The largest absolute Gasteiger partial charge is 0.480 e. The summed E-state index contributed by atoms with van der Waals surface area (Å²) in [5.41, 5.74) is 13.3. The average molecular weight is 236 g/mol. The molecule has 0 aliphatic heterocycles. The summed E-state index contributed by atoms with van der Waals surface area (Å²) >= 11 is 0. The number of carboxylic acids is 1. The zero-order chi connectivity index (χ0) is 13.0. The molecule has 0 spiro atoms. The van der Waals surface area contributed by atoms with Crippen molar-refractivity contribution in [1.29, 1.82) is 0 Å². The third-order valence-corrected chi connectivity index (χ3v) is 2.68. The molecular weight excluding hydrogens is 216 g/mol. The Morgan fingerprint density at radius 3 is 2.18 bits per heavy atom. The molecule has 0 saturated carbocycles. The first kappa shape index (κ1) is 13.7. The van der Waals surface area contributed by atoms with E-state index in [2.05, 4.69) is 13.8 Å². The van der Waals surface area contributed by atoms with Gasteiger partial charge in [-0.1, -0.05) is 38.1 Å². The van der Waals surface area contributed by atoms with Gasteiger partial charge < -0.3 is 16.6 Å². The fourth-order valence-corrected chi connectivity index (χ4v) is 1.71. The molecule has 17 heavy (non-hydrogen) atoms. The highest BCUT2D eigenvalue weighted by molar-refractivity contribution is 5.74. The van der Waals surface area contributed by atoms with Crippen LogP contribution in [0.1, 0.15) is 31.0 Å². The van der Waals surface area contributed by atoms with Crippen LogP contribution in [0, 0.1) is 5.92 Å². The Hall–Kier alpha value is -1.39. The van der Waals surface area contributed by atoms with E-state index in [1.54, 1.807) is 0 Å². The van der Waals surface area contributed by atoms with Gasteiger partial charge in [-0.2, -0.15) is 0 Å². The average Bonchev–Trinajstić information content (AvgIpc) is 2.27. The molecule has 1 aromatic rings. The van der Waals surface area contributed by atoms with Crippen LogP contribution >= 0.6 is 0 Å². The van der Waals surface area contributed by atoms with E-state index in [-0.39, 0.29) is 0 Å². The topological polar surface area (TPSA) is 89.3 Å². The van der Waals surface area contributed by atoms with E-state index in [0.29, 0.717) is 5.92 Å². The molecule has 4 heteroatoms. The summed E-state index contributed by atoms with van der Waals surface area (Å²) in [6.45, 7) is 4.31. The SMILES string of the molecule is CC(C)Cc1ccc(C(N)C(N)C(=O)O)cc1. The molecule has 2 atom stereocenters. The van der Waals surface area contributed by atoms with Crippen molar-refractivity contribution >= 4 is 5.97 Å². The summed E-state index contributed by atoms with van der Waals surface area (Å²) < 4.78 is 0. The minimum absolute atomic E-state index is 0.593. The van der Waals surface area contributed by atoms with E-state index in [4.69, 9.17) is 16.6 Å². The summed E-state index contributed by atoms with van der Waals surface area (Å²) in [4.78, 5) is 10.7. The zero-order valence-electron chi connectivity index (χ0n) is 10.3. The Morgan fingerprint density at radius 1 is 1.24 bits per heavy atom. The lowest BCUT2D eigenvalue weighted by molar-refractivity contribution is -0.139. The van der Waals surface area contributed by atoms with Gasteiger partial charge in [-0.15, -0.1) is 0 Å². The number of rotatable bonds is 5. The third kappa shape index (κ3) is 3.84. The molecule has 1 rings (SSSR count).